The summed E-state index contributed by atoms with van der Waals surface area (Å²) in [4.78, 5) is 38.8. The molecule has 1 N–H and O–H groups in total. The second kappa shape index (κ2) is 8.21. The monoisotopic (exact) mass is 372 g/mol. The number of ether oxygens (including phenoxy) is 1. The Kier molecular flexibility index (Phi) is 5.95. The fraction of sp³-hybridized carbons (Fsp3) is 0.571. The molecule has 1 aromatic carbocycles. The van der Waals surface area contributed by atoms with Gasteiger partial charge in [0, 0.05) is 25.1 Å². The maximum atomic E-state index is 12.9. The van der Waals surface area contributed by atoms with Crippen molar-refractivity contribution in [3.05, 3.63) is 35.9 Å². The maximum absolute atomic E-state index is 12.9. The highest BCUT2D eigenvalue weighted by Crippen LogP contribution is 2.31. The summed E-state index contributed by atoms with van der Waals surface area (Å²) in [5.74, 6) is -0.0887. The summed E-state index contributed by atoms with van der Waals surface area (Å²) in [5, 5.41) is 2.91. The van der Waals surface area contributed by atoms with Crippen molar-refractivity contribution < 1.29 is 19.1 Å². The zero-order valence-corrected chi connectivity index (χ0v) is 16.1. The zero-order chi connectivity index (χ0) is 19.4. The van der Waals surface area contributed by atoms with Gasteiger partial charge in [0.05, 0.1) is 6.10 Å². The Morgan fingerprint density at radius 2 is 2.00 bits per heavy atom. The molecule has 2 aliphatic rings. The number of nitrogens with zero attached hydrogens (tertiary/aromatic N) is 1. The average Bonchev–Trinajstić information content (AvgIpc) is 3.03. The van der Waals surface area contributed by atoms with Crippen LogP contribution in [0.5, 0.6) is 0 Å². The maximum Gasteiger partial charge on any atom is 0.251 e. The van der Waals surface area contributed by atoms with Gasteiger partial charge in [-0.3, -0.25) is 14.4 Å². The van der Waals surface area contributed by atoms with E-state index in [0.29, 0.717) is 31.5 Å². The zero-order valence-electron chi connectivity index (χ0n) is 16.1. The molecule has 0 aromatic heterocycles. The van der Waals surface area contributed by atoms with Crippen LogP contribution < -0.4 is 5.32 Å². The Hall–Kier alpha value is -2.21. The first-order valence-corrected chi connectivity index (χ1v) is 9.64. The predicted octanol–water partition coefficient (Wildman–Crippen LogP) is 2.18. The first-order valence-electron chi connectivity index (χ1n) is 9.64. The van der Waals surface area contributed by atoms with Crippen LogP contribution in [0, 0.1) is 5.41 Å². The molecule has 6 nitrogen and oxygen atoms in total. The van der Waals surface area contributed by atoms with Crippen LogP contribution >= 0.6 is 0 Å². The minimum atomic E-state index is -0.403. The number of fused-ring (bicyclic) bond motifs is 1. The number of carbonyl (C=O) groups excluding carboxylic acids is 3. The molecule has 2 fully saturated rings. The third-order valence-electron chi connectivity index (χ3n) is 5.42. The fourth-order valence-electron chi connectivity index (χ4n) is 3.88. The van der Waals surface area contributed by atoms with Crippen molar-refractivity contribution in [1.29, 1.82) is 0 Å². The van der Waals surface area contributed by atoms with Crippen molar-refractivity contribution >= 4 is 17.6 Å². The number of hydrogen-bond donors (Lipinski definition) is 1. The van der Waals surface area contributed by atoms with Crippen LogP contribution in [0.4, 0.5) is 0 Å². The van der Waals surface area contributed by atoms with Gasteiger partial charge in [0.25, 0.3) is 5.91 Å². The van der Waals surface area contributed by atoms with Crippen molar-refractivity contribution in [2.24, 2.45) is 5.41 Å². The number of Topliss-reactive ketones (excluding diaryl/α,β-unsaturated/α-hetero) is 1. The first kappa shape index (κ1) is 19.5. The van der Waals surface area contributed by atoms with Gasteiger partial charge in [-0.05, 0) is 36.8 Å². The Bertz CT molecular complexity index is 701. The summed E-state index contributed by atoms with van der Waals surface area (Å²) in [5.41, 5.74) is 0.363. The quantitative estimate of drug-likeness (QED) is 0.830. The van der Waals surface area contributed by atoms with Crippen LogP contribution in [0.25, 0.3) is 0 Å². The number of piperidine rings is 1. The lowest BCUT2D eigenvalue weighted by molar-refractivity contribution is -0.142. The van der Waals surface area contributed by atoms with Crippen LogP contribution in [0.3, 0.4) is 0 Å². The summed E-state index contributed by atoms with van der Waals surface area (Å²) >= 11 is 0. The molecular formula is C21H28N2O4. The molecular weight excluding hydrogens is 344 g/mol. The van der Waals surface area contributed by atoms with Gasteiger partial charge >= 0.3 is 0 Å². The summed E-state index contributed by atoms with van der Waals surface area (Å²) < 4.78 is 5.52. The third kappa shape index (κ3) is 4.75. The van der Waals surface area contributed by atoms with E-state index in [1.54, 1.807) is 17.0 Å². The highest BCUT2D eigenvalue weighted by atomic mass is 16.5. The molecule has 2 atom stereocenters. The molecule has 0 radical (unpaired) electrons. The van der Waals surface area contributed by atoms with Gasteiger partial charge in [-0.15, -0.1) is 0 Å². The molecule has 0 saturated carbocycles. The van der Waals surface area contributed by atoms with Gasteiger partial charge in [0.1, 0.15) is 12.6 Å². The molecule has 3 rings (SSSR count). The summed E-state index contributed by atoms with van der Waals surface area (Å²) in [6.45, 7) is 5.29. The van der Waals surface area contributed by atoms with Crippen molar-refractivity contribution in [2.45, 2.75) is 51.7 Å². The van der Waals surface area contributed by atoms with E-state index < -0.39 is 6.04 Å². The number of likely N-dealkylation sites (tertiary alicyclic amines) is 1. The Balaban J connectivity index is 1.50. The van der Waals surface area contributed by atoms with E-state index in [0.717, 1.165) is 12.8 Å². The molecule has 2 saturated heterocycles. The van der Waals surface area contributed by atoms with Crippen LogP contribution in [-0.4, -0.2) is 54.3 Å². The number of rotatable bonds is 6. The van der Waals surface area contributed by atoms with Crippen LogP contribution in [-0.2, 0) is 14.3 Å². The normalized spacial score (nSPS) is 22.4. The number of benzene rings is 1. The van der Waals surface area contributed by atoms with Gasteiger partial charge in [-0.2, -0.15) is 0 Å². The molecule has 1 aromatic rings. The minimum Gasteiger partial charge on any atom is -0.368 e. The van der Waals surface area contributed by atoms with E-state index in [1.165, 1.54) is 0 Å². The van der Waals surface area contributed by atoms with Crippen LogP contribution in [0.1, 0.15) is 49.9 Å². The number of nitrogens with one attached hydrogen (secondary N) is 1. The van der Waals surface area contributed by atoms with Crippen molar-refractivity contribution in [3.8, 4) is 0 Å². The molecule has 27 heavy (non-hydrogen) atoms. The van der Waals surface area contributed by atoms with E-state index in [2.05, 4.69) is 5.32 Å². The van der Waals surface area contributed by atoms with Crippen LogP contribution in [0.15, 0.2) is 30.3 Å². The number of amides is 2. The summed E-state index contributed by atoms with van der Waals surface area (Å²) in [7, 11) is 0. The van der Waals surface area contributed by atoms with Gasteiger partial charge in [0.15, 0.2) is 5.78 Å². The SMILES string of the molecule is CC(C)(CCNC(=O)c1ccccc1)CC(=O)N1CCCC2OCC(=O)C21. The van der Waals surface area contributed by atoms with Crippen molar-refractivity contribution in [1.82, 2.24) is 10.2 Å². The minimum absolute atomic E-state index is 0.00272. The van der Waals surface area contributed by atoms with Crippen LogP contribution in [0.2, 0.25) is 0 Å². The molecule has 146 valence electrons. The Morgan fingerprint density at radius 1 is 1.26 bits per heavy atom. The standard InChI is InChI=1S/C21H28N2O4/c1-21(2,10-11-22-20(26)15-7-4-3-5-8-15)13-18(25)23-12-6-9-17-19(23)16(24)14-27-17/h3-5,7-8,17,19H,6,9-14H2,1-2H3,(H,22,26). The molecule has 6 heteroatoms. The molecule has 0 bridgehead atoms. The lowest BCUT2D eigenvalue weighted by Gasteiger charge is -2.37. The number of carbonyl (C=O) groups is 3. The smallest absolute Gasteiger partial charge is 0.251 e. The second-order valence-corrected chi connectivity index (χ2v) is 8.20. The largest absolute Gasteiger partial charge is 0.368 e. The lowest BCUT2D eigenvalue weighted by Crippen LogP contribution is -2.52. The van der Waals surface area contributed by atoms with E-state index in [-0.39, 0.29) is 35.7 Å². The van der Waals surface area contributed by atoms with Gasteiger partial charge in [-0.1, -0.05) is 32.0 Å². The molecule has 0 aliphatic carbocycles. The third-order valence-corrected chi connectivity index (χ3v) is 5.42. The molecule has 2 unspecified atom stereocenters. The molecule has 0 spiro atoms. The van der Waals surface area contributed by atoms with Gasteiger partial charge in [0.2, 0.25) is 5.91 Å². The summed E-state index contributed by atoms with van der Waals surface area (Å²) in [6.07, 6.45) is 2.61. The second-order valence-electron chi connectivity index (χ2n) is 8.20. The van der Waals surface area contributed by atoms with E-state index in [4.69, 9.17) is 4.74 Å². The lowest BCUT2D eigenvalue weighted by atomic mass is 9.84. The Labute approximate surface area is 160 Å². The van der Waals surface area contributed by atoms with Crippen molar-refractivity contribution in [2.75, 3.05) is 19.7 Å². The summed E-state index contributed by atoms with van der Waals surface area (Å²) in [6, 6.07) is 8.68. The number of ketones is 1. The van der Waals surface area contributed by atoms with E-state index in [1.807, 2.05) is 32.0 Å². The van der Waals surface area contributed by atoms with Gasteiger partial charge < -0.3 is 15.0 Å². The molecule has 2 heterocycles. The van der Waals surface area contributed by atoms with E-state index in [9.17, 15) is 14.4 Å². The Morgan fingerprint density at radius 3 is 2.74 bits per heavy atom. The highest BCUT2D eigenvalue weighted by Gasteiger charge is 2.44. The number of hydrogen-bond acceptors (Lipinski definition) is 4. The molecule has 2 amide bonds. The van der Waals surface area contributed by atoms with Crippen molar-refractivity contribution in [3.63, 3.8) is 0 Å². The van der Waals surface area contributed by atoms with Gasteiger partial charge in [-0.25, -0.2) is 0 Å². The first-order chi connectivity index (χ1) is 12.9. The highest BCUT2D eigenvalue weighted by molar-refractivity contribution is 5.94. The predicted molar refractivity (Wildman–Crippen MR) is 101 cm³/mol. The van der Waals surface area contributed by atoms with E-state index >= 15 is 0 Å². The molecule has 2 aliphatic heterocycles. The fourth-order valence-corrected chi connectivity index (χ4v) is 3.88. The average molecular weight is 372 g/mol. The topological polar surface area (TPSA) is 75.7 Å².